The molecule has 0 fully saturated rings. The molecule has 0 unspecified atom stereocenters. The fourth-order valence-electron chi connectivity index (χ4n) is 2.50. The standard InChI is InChI=1S/C18H21N7O5S2.2C2H6.O3S/c1-25(2)18-22-16(19-12-7-9-13(10-8-12)24-31(3,26)27)21-17(23-18)20-14-5-4-6-15(11-14)32(28,29)30;2*1-2;1-4(2)3/h4-11,24H,1-3H3,(H,28,29,30)(H2,19,20,21,22,23);2*1-2H3;. The number of hydrogen-bond donors (Lipinski definition) is 4. The minimum atomic E-state index is -4.36. The van der Waals surface area contributed by atoms with Gasteiger partial charge in [0, 0.05) is 31.2 Å². The largest absolute Gasteiger partial charge is 0.425 e. The van der Waals surface area contributed by atoms with E-state index in [-0.39, 0.29) is 16.8 Å². The van der Waals surface area contributed by atoms with Gasteiger partial charge in [0.2, 0.25) is 27.9 Å². The predicted molar refractivity (Wildman–Crippen MR) is 154 cm³/mol. The first-order valence-corrected chi connectivity index (χ1v) is 15.8. The number of hydrogen-bond acceptors (Lipinski definition) is 13. The Morgan fingerprint density at radius 3 is 1.62 bits per heavy atom. The van der Waals surface area contributed by atoms with Gasteiger partial charge in [-0.05, 0) is 42.5 Å². The van der Waals surface area contributed by atoms with Gasteiger partial charge in [-0.15, -0.1) is 12.6 Å². The van der Waals surface area contributed by atoms with E-state index in [1.165, 1.54) is 18.2 Å². The van der Waals surface area contributed by atoms with E-state index in [1.807, 2.05) is 27.7 Å². The second-order valence-electron chi connectivity index (χ2n) is 7.09. The van der Waals surface area contributed by atoms with Gasteiger partial charge in [0.25, 0.3) is 10.1 Å². The fraction of sp³-hybridized carbons (Fsp3) is 0.318. The molecule has 18 heteroatoms. The van der Waals surface area contributed by atoms with E-state index < -0.39 is 30.8 Å². The molecule has 0 radical (unpaired) electrons. The topological polar surface area (TPSA) is 218 Å². The van der Waals surface area contributed by atoms with E-state index in [2.05, 4.69) is 30.3 Å². The van der Waals surface area contributed by atoms with Gasteiger partial charge in [0.1, 0.15) is 0 Å². The summed E-state index contributed by atoms with van der Waals surface area (Å²) in [7, 11) is -7.37. The molecule has 2 aromatic carbocycles. The number of benzene rings is 2. The van der Waals surface area contributed by atoms with E-state index in [1.54, 1.807) is 49.3 Å². The Kier molecular flexibility index (Phi) is 15.3. The first kappa shape index (κ1) is 36.1. The molecule has 0 aliphatic carbocycles. The average Bonchev–Trinajstić information content (AvgIpc) is 2.86. The van der Waals surface area contributed by atoms with Gasteiger partial charge in [-0.1, -0.05) is 33.8 Å². The zero-order valence-electron chi connectivity index (χ0n) is 22.9. The molecule has 0 aliphatic heterocycles. The maximum atomic E-state index is 11.4. The van der Waals surface area contributed by atoms with Crippen molar-refractivity contribution in [1.29, 1.82) is 0 Å². The lowest BCUT2D eigenvalue weighted by Crippen LogP contribution is -2.15. The summed E-state index contributed by atoms with van der Waals surface area (Å²) in [4.78, 5) is 14.3. The number of anilines is 6. The lowest BCUT2D eigenvalue weighted by Gasteiger charge is -2.14. The van der Waals surface area contributed by atoms with Crippen LogP contribution in [0.25, 0.3) is 0 Å². The molecule has 1 heterocycles. The molecular formula is C22H33N7O8S3. The molecule has 0 saturated heterocycles. The van der Waals surface area contributed by atoms with Crippen LogP contribution in [0.1, 0.15) is 27.7 Å². The molecule has 222 valence electrons. The Labute approximate surface area is 236 Å². The zero-order chi connectivity index (χ0) is 31.1. The Hall–Kier alpha value is -3.87. The summed E-state index contributed by atoms with van der Waals surface area (Å²) in [5, 5.41) is 5.90. The Balaban J connectivity index is 0.00000171. The van der Waals surface area contributed by atoms with Gasteiger partial charge in [-0.3, -0.25) is 9.27 Å². The van der Waals surface area contributed by atoms with E-state index in [9.17, 15) is 21.4 Å². The van der Waals surface area contributed by atoms with Crippen molar-refractivity contribution in [3.63, 3.8) is 0 Å². The van der Waals surface area contributed by atoms with Crippen molar-refractivity contribution in [2.24, 2.45) is 0 Å². The highest BCUT2D eigenvalue weighted by Crippen LogP contribution is 2.22. The summed E-state index contributed by atoms with van der Waals surface area (Å²) in [5.74, 6) is 0.654. The first-order chi connectivity index (χ1) is 18.6. The normalized spacial score (nSPS) is 10.2. The molecule has 0 atom stereocenters. The molecule has 0 spiro atoms. The Morgan fingerprint density at radius 1 is 0.750 bits per heavy atom. The molecule has 15 nitrogen and oxygen atoms in total. The maximum Gasteiger partial charge on any atom is 0.425 e. The van der Waals surface area contributed by atoms with Crippen LogP contribution in [0.4, 0.5) is 34.9 Å². The highest BCUT2D eigenvalue weighted by Gasteiger charge is 2.12. The molecule has 1 aromatic heterocycles. The molecule has 0 bridgehead atoms. The van der Waals surface area contributed by atoms with Gasteiger partial charge in [0.05, 0.1) is 11.2 Å². The van der Waals surface area contributed by atoms with Crippen LogP contribution in [-0.2, 0) is 30.8 Å². The van der Waals surface area contributed by atoms with Crippen LogP contribution < -0.4 is 20.3 Å². The minimum Gasteiger partial charge on any atom is -0.347 e. The lowest BCUT2D eigenvalue weighted by molar-refractivity contribution is 0.483. The van der Waals surface area contributed by atoms with Crippen LogP contribution in [0.5, 0.6) is 0 Å². The maximum absolute atomic E-state index is 11.4. The predicted octanol–water partition coefficient (Wildman–Crippen LogP) is 3.09. The Bertz CT molecular complexity index is 1540. The third-order valence-corrected chi connectivity index (χ3v) is 5.31. The van der Waals surface area contributed by atoms with Crippen molar-refractivity contribution in [1.82, 2.24) is 15.0 Å². The van der Waals surface area contributed by atoms with Gasteiger partial charge < -0.3 is 15.5 Å². The molecule has 0 aliphatic rings. The number of nitrogens with one attached hydrogen (secondary N) is 3. The molecule has 40 heavy (non-hydrogen) atoms. The molecular weight excluding hydrogens is 586 g/mol. The summed E-state index contributed by atoms with van der Waals surface area (Å²) in [6, 6.07) is 12.0. The smallest absolute Gasteiger partial charge is 0.347 e. The number of rotatable bonds is 8. The van der Waals surface area contributed by atoms with Crippen LogP contribution in [0.2, 0.25) is 0 Å². The molecule has 0 amide bonds. The van der Waals surface area contributed by atoms with Gasteiger partial charge in [-0.25, -0.2) is 8.42 Å². The Morgan fingerprint density at radius 2 is 1.20 bits per heavy atom. The third-order valence-electron chi connectivity index (χ3n) is 3.86. The van der Waals surface area contributed by atoms with E-state index in [0.717, 1.165) is 6.26 Å². The van der Waals surface area contributed by atoms with Crippen molar-refractivity contribution in [2.75, 3.05) is 40.6 Å². The SMILES string of the molecule is CC.CC.CN(C)c1nc(Nc2ccc(NS(C)(=O)=O)cc2)nc(Nc2cccc(S(=O)(=O)O)c2)n1.O=S(=O)=O. The van der Waals surface area contributed by atoms with E-state index in [0.29, 0.717) is 23.0 Å². The van der Waals surface area contributed by atoms with Crippen LogP contribution in [0.3, 0.4) is 0 Å². The van der Waals surface area contributed by atoms with Crippen molar-refractivity contribution >= 4 is 65.7 Å². The van der Waals surface area contributed by atoms with Crippen molar-refractivity contribution in [3.05, 3.63) is 48.5 Å². The summed E-state index contributed by atoms with van der Waals surface area (Å²) >= 11 is 0. The lowest BCUT2D eigenvalue weighted by atomic mass is 10.3. The quantitative estimate of drug-likeness (QED) is 0.266. The molecule has 3 rings (SSSR count). The third kappa shape index (κ3) is 14.3. The highest BCUT2D eigenvalue weighted by atomic mass is 32.2. The zero-order valence-corrected chi connectivity index (χ0v) is 25.4. The second kappa shape index (κ2) is 17.0. The van der Waals surface area contributed by atoms with Gasteiger partial charge in [0.15, 0.2) is 0 Å². The van der Waals surface area contributed by atoms with Crippen molar-refractivity contribution in [2.45, 2.75) is 32.6 Å². The monoisotopic (exact) mass is 619 g/mol. The van der Waals surface area contributed by atoms with Gasteiger partial charge >= 0.3 is 10.6 Å². The summed E-state index contributed by atoms with van der Waals surface area (Å²) in [6.07, 6.45) is 1.06. The molecule has 3 aromatic rings. The first-order valence-electron chi connectivity index (χ1n) is 11.5. The summed E-state index contributed by atoms with van der Waals surface area (Å²) in [6.45, 7) is 8.00. The highest BCUT2D eigenvalue weighted by molar-refractivity contribution is 7.92. The minimum absolute atomic E-state index is 0.133. The molecule has 0 saturated carbocycles. The number of aromatic nitrogens is 3. The number of sulfonamides is 1. The van der Waals surface area contributed by atoms with Crippen LogP contribution in [0.15, 0.2) is 53.4 Å². The average molecular weight is 620 g/mol. The number of nitrogens with zero attached hydrogens (tertiary/aromatic N) is 4. The van der Waals surface area contributed by atoms with Crippen LogP contribution >= 0.6 is 0 Å². The van der Waals surface area contributed by atoms with Crippen molar-refractivity contribution < 1.29 is 34.0 Å². The van der Waals surface area contributed by atoms with Gasteiger partial charge in [-0.2, -0.15) is 23.4 Å². The summed E-state index contributed by atoms with van der Waals surface area (Å²) < 4.78 is 82.3. The van der Waals surface area contributed by atoms with E-state index >= 15 is 0 Å². The fourth-order valence-corrected chi connectivity index (χ4v) is 3.60. The summed E-state index contributed by atoms with van der Waals surface area (Å²) in [5.41, 5.74) is 1.35. The van der Waals surface area contributed by atoms with Crippen molar-refractivity contribution in [3.8, 4) is 0 Å². The second-order valence-corrected chi connectivity index (χ2v) is 10.7. The van der Waals surface area contributed by atoms with Crippen LogP contribution in [-0.4, -0.2) is 69.3 Å². The van der Waals surface area contributed by atoms with E-state index in [4.69, 9.17) is 12.6 Å². The van der Waals surface area contributed by atoms with Crippen LogP contribution in [0, 0.1) is 0 Å². The molecule has 4 N–H and O–H groups in total.